The Bertz CT molecular complexity index is 820. The zero-order valence-electron chi connectivity index (χ0n) is 12.1. The summed E-state index contributed by atoms with van der Waals surface area (Å²) < 4.78 is 5.23. The van der Waals surface area contributed by atoms with E-state index in [2.05, 4.69) is 0 Å². The number of ketones is 2. The summed E-state index contributed by atoms with van der Waals surface area (Å²) in [5.74, 6) is -0.535. The Balaban J connectivity index is 2.34. The fourth-order valence-electron chi connectivity index (χ4n) is 2.75. The van der Waals surface area contributed by atoms with Crippen LogP contribution in [0.25, 0.3) is 0 Å². The number of fused-ring (bicyclic) bond motifs is 2. The Hall–Kier alpha value is -2.66. The molecule has 0 radical (unpaired) electrons. The zero-order chi connectivity index (χ0) is 16.0. The lowest BCUT2D eigenvalue weighted by atomic mass is 9.82. The number of carbonyl (C=O) groups excluding carboxylic acids is 2. The zero-order valence-corrected chi connectivity index (χ0v) is 12.1. The maximum absolute atomic E-state index is 12.7. The third kappa shape index (κ3) is 1.83. The van der Waals surface area contributed by atoms with Gasteiger partial charge in [0.2, 0.25) is 0 Å². The monoisotopic (exact) mass is 298 g/mol. The number of rotatable bonds is 2. The molecule has 0 heterocycles. The van der Waals surface area contributed by atoms with E-state index in [0.29, 0.717) is 11.1 Å². The number of aliphatic hydroxyl groups excluding tert-OH is 1. The van der Waals surface area contributed by atoms with E-state index in [4.69, 9.17) is 4.74 Å². The van der Waals surface area contributed by atoms with Crippen LogP contribution in [-0.4, -0.2) is 28.9 Å². The number of methoxy groups -OCH3 is 1. The second-order valence-corrected chi connectivity index (χ2v) is 5.18. The Kier molecular flexibility index (Phi) is 3.22. The second kappa shape index (κ2) is 4.96. The van der Waals surface area contributed by atoms with E-state index in [1.807, 2.05) is 0 Å². The van der Waals surface area contributed by atoms with Crippen LogP contribution in [0.15, 0.2) is 24.3 Å². The van der Waals surface area contributed by atoms with Crippen LogP contribution in [0.4, 0.5) is 0 Å². The molecule has 0 unspecified atom stereocenters. The number of aromatic hydroxyl groups is 1. The highest BCUT2D eigenvalue weighted by Gasteiger charge is 2.34. The van der Waals surface area contributed by atoms with E-state index in [-0.39, 0.29) is 46.1 Å². The van der Waals surface area contributed by atoms with E-state index < -0.39 is 5.78 Å². The molecule has 0 saturated carbocycles. The van der Waals surface area contributed by atoms with Crippen molar-refractivity contribution in [1.82, 2.24) is 0 Å². The van der Waals surface area contributed by atoms with Crippen molar-refractivity contribution in [2.75, 3.05) is 7.11 Å². The molecule has 5 nitrogen and oxygen atoms in total. The highest BCUT2D eigenvalue weighted by Crippen LogP contribution is 2.37. The summed E-state index contributed by atoms with van der Waals surface area (Å²) in [6, 6.07) is 5.91. The van der Waals surface area contributed by atoms with Crippen LogP contribution in [-0.2, 0) is 6.61 Å². The summed E-state index contributed by atoms with van der Waals surface area (Å²) >= 11 is 0. The number of hydrogen-bond donors (Lipinski definition) is 2. The maximum Gasteiger partial charge on any atom is 0.198 e. The summed E-state index contributed by atoms with van der Waals surface area (Å²) in [5.41, 5.74) is 1.76. The number of phenolic OH excluding ortho intramolecular Hbond substituents is 1. The van der Waals surface area contributed by atoms with Crippen molar-refractivity contribution in [3.05, 3.63) is 57.6 Å². The molecule has 1 aliphatic carbocycles. The Morgan fingerprint density at radius 2 is 1.73 bits per heavy atom. The normalized spacial score (nSPS) is 12.9. The van der Waals surface area contributed by atoms with E-state index in [9.17, 15) is 19.8 Å². The molecule has 22 heavy (non-hydrogen) atoms. The minimum absolute atomic E-state index is 0.0411. The third-order valence-electron chi connectivity index (χ3n) is 3.91. The highest BCUT2D eigenvalue weighted by atomic mass is 16.5. The molecular weight excluding hydrogens is 284 g/mol. The van der Waals surface area contributed by atoms with Gasteiger partial charge in [0.05, 0.1) is 19.3 Å². The topological polar surface area (TPSA) is 83.8 Å². The molecule has 3 rings (SSSR count). The molecule has 2 aromatic rings. The second-order valence-electron chi connectivity index (χ2n) is 5.18. The number of hydrogen-bond acceptors (Lipinski definition) is 5. The van der Waals surface area contributed by atoms with Crippen molar-refractivity contribution in [2.24, 2.45) is 0 Å². The van der Waals surface area contributed by atoms with Gasteiger partial charge in [-0.25, -0.2) is 0 Å². The summed E-state index contributed by atoms with van der Waals surface area (Å²) in [5, 5.41) is 19.2. The molecule has 0 spiro atoms. The van der Waals surface area contributed by atoms with Gasteiger partial charge in [-0.2, -0.15) is 0 Å². The van der Waals surface area contributed by atoms with Gasteiger partial charge in [0, 0.05) is 22.3 Å². The molecule has 2 aromatic carbocycles. The van der Waals surface area contributed by atoms with Crippen molar-refractivity contribution in [3.8, 4) is 11.5 Å². The van der Waals surface area contributed by atoms with Crippen molar-refractivity contribution in [2.45, 2.75) is 13.5 Å². The van der Waals surface area contributed by atoms with Gasteiger partial charge in [-0.05, 0) is 30.7 Å². The quantitative estimate of drug-likeness (QED) is 0.755. The molecule has 0 saturated heterocycles. The van der Waals surface area contributed by atoms with Crippen molar-refractivity contribution in [3.63, 3.8) is 0 Å². The molecule has 0 atom stereocenters. The molecule has 0 aliphatic heterocycles. The minimum Gasteiger partial charge on any atom is -0.508 e. The molecule has 112 valence electrons. The summed E-state index contributed by atoms with van der Waals surface area (Å²) in [6.07, 6.45) is 0. The van der Waals surface area contributed by atoms with E-state index in [1.54, 1.807) is 13.0 Å². The van der Waals surface area contributed by atoms with Gasteiger partial charge in [-0.15, -0.1) is 0 Å². The molecule has 0 amide bonds. The smallest absolute Gasteiger partial charge is 0.198 e. The molecular formula is C17H14O5. The SMILES string of the molecule is COc1c(CO)ccc2c1C(=O)c1cc(O)c(C)cc1C2=O. The standard InChI is InChI=1S/C17H14O5/c1-8-5-11-12(6-13(8)19)16(21)14-10(15(11)20)4-3-9(7-18)17(14)22-2/h3-6,18-19H,7H2,1-2H3. The third-order valence-corrected chi connectivity index (χ3v) is 3.91. The summed E-state index contributed by atoms with van der Waals surface area (Å²) in [6.45, 7) is 1.36. The average Bonchev–Trinajstić information content (AvgIpc) is 2.53. The molecule has 0 aromatic heterocycles. The van der Waals surface area contributed by atoms with Crippen molar-refractivity contribution in [1.29, 1.82) is 0 Å². The van der Waals surface area contributed by atoms with Crippen LogP contribution in [0, 0.1) is 6.92 Å². The van der Waals surface area contributed by atoms with Crippen LogP contribution < -0.4 is 4.74 Å². The van der Waals surface area contributed by atoms with E-state index >= 15 is 0 Å². The van der Waals surface area contributed by atoms with Gasteiger partial charge in [-0.1, -0.05) is 6.07 Å². The van der Waals surface area contributed by atoms with Crippen molar-refractivity contribution >= 4 is 11.6 Å². The lowest BCUT2D eigenvalue weighted by Gasteiger charge is -2.21. The maximum atomic E-state index is 12.7. The highest BCUT2D eigenvalue weighted by molar-refractivity contribution is 6.29. The van der Waals surface area contributed by atoms with Gasteiger partial charge in [0.25, 0.3) is 0 Å². The first-order valence-electron chi connectivity index (χ1n) is 6.73. The van der Waals surface area contributed by atoms with Gasteiger partial charge < -0.3 is 14.9 Å². The Morgan fingerprint density at radius 1 is 1.05 bits per heavy atom. The molecule has 0 bridgehead atoms. The largest absolute Gasteiger partial charge is 0.508 e. The lowest BCUT2D eigenvalue weighted by Crippen LogP contribution is -2.22. The lowest BCUT2D eigenvalue weighted by molar-refractivity contribution is 0.0975. The van der Waals surface area contributed by atoms with Crippen molar-refractivity contribution < 1.29 is 24.5 Å². The fraction of sp³-hybridized carbons (Fsp3) is 0.176. The Morgan fingerprint density at radius 3 is 2.36 bits per heavy atom. The predicted molar refractivity (Wildman–Crippen MR) is 78.6 cm³/mol. The number of phenols is 1. The van der Waals surface area contributed by atoms with Crippen LogP contribution in [0.2, 0.25) is 0 Å². The van der Waals surface area contributed by atoms with E-state index in [0.717, 1.165) is 0 Å². The Labute approximate surface area is 126 Å². The number of ether oxygens (including phenoxy) is 1. The number of aliphatic hydroxyl groups is 1. The van der Waals surface area contributed by atoms with Gasteiger partial charge >= 0.3 is 0 Å². The summed E-state index contributed by atoms with van der Waals surface area (Å²) in [4.78, 5) is 25.4. The number of benzene rings is 2. The van der Waals surface area contributed by atoms with Crippen LogP contribution >= 0.6 is 0 Å². The first-order valence-corrected chi connectivity index (χ1v) is 6.73. The van der Waals surface area contributed by atoms with Gasteiger partial charge in [0.1, 0.15) is 11.5 Å². The molecule has 2 N–H and O–H groups in total. The minimum atomic E-state index is -0.396. The first-order chi connectivity index (χ1) is 10.5. The first kappa shape index (κ1) is 14.3. The average molecular weight is 298 g/mol. The molecule has 1 aliphatic rings. The summed E-state index contributed by atoms with van der Waals surface area (Å²) in [7, 11) is 1.38. The van der Waals surface area contributed by atoms with Crippen LogP contribution in [0.3, 0.4) is 0 Å². The van der Waals surface area contributed by atoms with Gasteiger partial charge in [0.15, 0.2) is 11.6 Å². The molecule has 5 heteroatoms. The number of aryl methyl sites for hydroxylation is 1. The molecule has 0 fully saturated rings. The predicted octanol–water partition coefficient (Wildman–Crippen LogP) is 1.98. The van der Waals surface area contributed by atoms with E-state index in [1.165, 1.54) is 25.3 Å². The van der Waals surface area contributed by atoms with Gasteiger partial charge in [-0.3, -0.25) is 9.59 Å². The van der Waals surface area contributed by atoms with Crippen LogP contribution in [0.5, 0.6) is 11.5 Å². The number of carbonyl (C=O) groups is 2. The van der Waals surface area contributed by atoms with Crippen LogP contribution in [0.1, 0.15) is 43.0 Å². The fourth-order valence-corrected chi connectivity index (χ4v) is 2.75.